The molecule has 1 aliphatic rings. The van der Waals surface area contributed by atoms with Crippen LogP contribution in [-0.4, -0.2) is 0 Å². The van der Waals surface area contributed by atoms with Crippen LogP contribution in [0.2, 0.25) is 0 Å². The van der Waals surface area contributed by atoms with Gasteiger partial charge in [-0.1, -0.05) is 24.3 Å². The Hall–Kier alpha value is -1.04. The zero-order valence-corrected chi connectivity index (χ0v) is 6.72. The lowest BCUT2D eigenvalue weighted by Crippen LogP contribution is -1.84. The number of rotatable bonds is 4. The van der Waals surface area contributed by atoms with Crippen LogP contribution in [0.5, 0.6) is 0 Å². The van der Waals surface area contributed by atoms with Gasteiger partial charge in [-0.2, -0.15) is 0 Å². The van der Waals surface area contributed by atoms with E-state index in [1.807, 2.05) is 12.2 Å². The standard InChI is InChI=1S/C11H13/c1-3-5-10-7-8-11(9-10)6-4-2/h3-4,7,9,11H,1-2,5-6H2. The Kier molecular flexibility index (Phi) is 2.91. The smallest absolute Gasteiger partial charge is 0.00613 e. The van der Waals surface area contributed by atoms with Crippen LogP contribution >= 0.6 is 0 Å². The average molecular weight is 145 g/mol. The van der Waals surface area contributed by atoms with Crippen LogP contribution < -0.4 is 0 Å². The summed E-state index contributed by atoms with van der Waals surface area (Å²) in [6, 6.07) is 0. The molecule has 0 heterocycles. The Morgan fingerprint density at radius 1 is 1.45 bits per heavy atom. The third kappa shape index (κ3) is 2.23. The topological polar surface area (TPSA) is 0 Å². The molecule has 0 aromatic rings. The molecule has 0 aromatic heterocycles. The lowest BCUT2D eigenvalue weighted by Gasteiger charge is -1.96. The van der Waals surface area contributed by atoms with Crippen molar-refractivity contribution < 1.29 is 0 Å². The fraction of sp³-hybridized carbons (Fsp3) is 0.273. The van der Waals surface area contributed by atoms with E-state index in [0.717, 1.165) is 12.8 Å². The summed E-state index contributed by atoms with van der Waals surface area (Å²) >= 11 is 0. The molecule has 0 aliphatic heterocycles. The van der Waals surface area contributed by atoms with E-state index in [2.05, 4.69) is 31.4 Å². The molecule has 1 aliphatic carbocycles. The largest absolute Gasteiger partial charge is 0.103 e. The minimum atomic E-state index is 0.461. The minimum absolute atomic E-state index is 0.461. The molecule has 1 atom stereocenters. The fourth-order valence-corrected chi connectivity index (χ4v) is 1.18. The first-order valence-corrected chi connectivity index (χ1v) is 3.88. The highest BCUT2D eigenvalue weighted by molar-refractivity contribution is 5.27. The van der Waals surface area contributed by atoms with Gasteiger partial charge < -0.3 is 0 Å². The minimum Gasteiger partial charge on any atom is -0.103 e. The highest BCUT2D eigenvalue weighted by Gasteiger charge is 2.06. The van der Waals surface area contributed by atoms with E-state index in [9.17, 15) is 0 Å². The summed E-state index contributed by atoms with van der Waals surface area (Å²) in [4.78, 5) is 0. The molecule has 0 fully saturated rings. The van der Waals surface area contributed by atoms with Gasteiger partial charge in [0.15, 0.2) is 0 Å². The first kappa shape index (κ1) is 8.06. The Balaban J connectivity index is 2.48. The quantitative estimate of drug-likeness (QED) is 0.533. The van der Waals surface area contributed by atoms with E-state index in [4.69, 9.17) is 0 Å². The molecule has 0 nitrogen and oxygen atoms in total. The van der Waals surface area contributed by atoms with Gasteiger partial charge in [-0.25, -0.2) is 0 Å². The lowest BCUT2D eigenvalue weighted by atomic mass is 10.1. The van der Waals surface area contributed by atoms with Crippen molar-refractivity contribution in [2.45, 2.75) is 12.8 Å². The van der Waals surface area contributed by atoms with E-state index < -0.39 is 0 Å². The molecule has 0 saturated heterocycles. The molecule has 0 bridgehead atoms. The molecule has 11 heavy (non-hydrogen) atoms. The first-order valence-electron chi connectivity index (χ1n) is 3.88. The Labute approximate surface area is 68.6 Å². The molecular weight excluding hydrogens is 132 g/mol. The monoisotopic (exact) mass is 145 g/mol. The van der Waals surface area contributed by atoms with Crippen LogP contribution in [0.15, 0.2) is 43.0 Å². The van der Waals surface area contributed by atoms with Crippen molar-refractivity contribution in [3.63, 3.8) is 0 Å². The molecule has 57 valence electrons. The highest BCUT2D eigenvalue weighted by atomic mass is 14.1. The van der Waals surface area contributed by atoms with Crippen molar-refractivity contribution in [1.29, 1.82) is 0 Å². The van der Waals surface area contributed by atoms with Gasteiger partial charge in [0.2, 0.25) is 0 Å². The van der Waals surface area contributed by atoms with Gasteiger partial charge in [0.1, 0.15) is 0 Å². The van der Waals surface area contributed by atoms with E-state index in [1.54, 1.807) is 0 Å². The Morgan fingerprint density at radius 3 is 2.91 bits per heavy atom. The van der Waals surface area contributed by atoms with Crippen molar-refractivity contribution in [2.24, 2.45) is 5.92 Å². The van der Waals surface area contributed by atoms with Crippen LogP contribution in [0.1, 0.15) is 12.8 Å². The summed E-state index contributed by atoms with van der Waals surface area (Å²) in [6.07, 6.45) is 13.3. The summed E-state index contributed by atoms with van der Waals surface area (Å²) in [5.74, 6) is 0.461. The summed E-state index contributed by atoms with van der Waals surface area (Å²) in [7, 11) is 0. The van der Waals surface area contributed by atoms with E-state index in [-0.39, 0.29) is 0 Å². The summed E-state index contributed by atoms with van der Waals surface area (Å²) in [5, 5.41) is 0. The van der Waals surface area contributed by atoms with Crippen LogP contribution in [0, 0.1) is 12.0 Å². The van der Waals surface area contributed by atoms with Crippen molar-refractivity contribution in [3.8, 4) is 0 Å². The third-order valence-corrected chi connectivity index (χ3v) is 1.70. The van der Waals surface area contributed by atoms with Gasteiger partial charge in [-0.3, -0.25) is 0 Å². The summed E-state index contributed by atoms with van der Waals surface area (Å²) < 4.78 is 0. The van der Waals surface area contributed by atoms with Crippen molar-refractivity contribution in [1.82, 2.24) is 0 Å². The summed E-state index contributed by atoms with van der Waals surface area (Å²) in [5.41, 5.74) is 1.33. The molecular formula is C11H13. The zero-order valence-electron chi connectivity index (χ0n) is 6.72. The number of allylic oxidation sites excluding steroid dienone is 6. The van der Waals surface area contributed by atoms with Crippen LogP contribution in [0.4, 0.5) is 0 Å². The SMILES string of the molecule is C=CCC1=CC(CC=C)[C]=C1. The van der Waals surface area contributed by atoms with E-state index >= 15 is 0 Å². The maximum atomic E-state index is 3.69. The van der Waals surface area contributed by atoms with Crippen molar-refractivity contribution in [3.05, 3.63) is 49.1 Å². The van der Waals surface area contributed by atoms with Gasteiger partial charge in [-0.05, 0) is 24.5 Å². The second kappa shape index (κ2) is 3.97. The lowest BCUT2D eigenvalue weighted by molar-refractivity contribution is 0.821. The molecule has 0 heteroatoms. The molecule has 1 radical (unpaired) electrons. The van der Waals surface area contributed by atoms with Gasteiger partial charge in [0, 0.05) is 5.92 Å². The van der Waals surface area contributed by atoms with Crippen LogP contribution in [-0.2, 0) is 0 Å². The summed E-state index contributed by atoms with van der Waals surface area (Å²) in [6.45, 7) is 7.38. The molecule has 0 N–H and O–H groups in total. The number of hydrogen-bond donors (Lipinski definition) is 0. The Bertz CT molecular complexity index is 206. The maximum Gasteiger partial charge on any atom is 0.00613 e. The van der Waals surface area contributed by atoms with Gasteiger partial charge in [0.05, 0.1) is 0 Å². The van der Waals surface area contributed by atoms with E-state index in [0.29, 0.717) is 5.92 Å². The molecule has 0 aromatic carbocycles. The van der Waals surface area contributed by atoms with Crippen LogP contribution in [0.3, 0.4) is 0 Å². The molecule has 0 amide bonds. The number of hydrogen-bond acceptors (Lipinski definition) is 0. The molecule has 1 unspecified atom stereocenters. The maximum absolute atomic E-state index is 3.69. The fourth-order valence-electron chi connectivity index (χ4n) is 1.18. The highest BCUT2D eigenvalue weighted by Crippen LogP contribution is 2.20. The third-order valence-electron chi connectivity index (χ3n) is 1.70. The molecule has 1 rings (SSSR count). The second-order valence-corrected chi connectivity index (χ2v) is 2.68. The van der Waals surface area contributed by atoms with Crippen LogP contribution in [0.25, 0.3) is 0 Å². The normalized spacial score (nSPS) is 21.5. The average Bonchev–Trinajstić information content (AvgIpc) is 2.38. The van der Waals surface area contributed by atoms with E-state index in [1.165, 1.54) is 5.57 Å². The zero-order chi connectivity index (χ0) is 8.10. The predicted molar refractivity (Wildman–Crippen MR) is 49.0 cm³/mol. The predicted octanol–water partition coefficient (Wildman–Crippen LogP) is 3.05. The Morgan fingerprint density at radius 2 is 2.27 bits per heavy atom. The van der Waals surface area contributed by atoms with Gasteiger partial charge >= 0.3 is 0 Å². The second-order valence-electron chi connectivity index (χ2n) is 2.68. The van der Waals surface area contributed by atoms with Crippen molar-refractivity contribution in [2.75, 3.05) is 0 Å². The molecule has 0 saturated carbocycles. The van der Waals surface area contributed by atoms with Gasteiger partial charge in [-0.15, -0.1) is 13.2 Å². The molecule has 0 spiro atoms. The van der Waals surface area contributed by atoms with Gasteiger partial charge in [0.25, 0.3) is 0 Å². The first-order chi connectivity index (χ1) is 5.36. The van der Waals surface area contributed by atoms with Crippen molar-refractivity contribution >= 4 is 0 Å².